The lowest BCUT2D eigenvalue weighted by atomic mass is 9.87. The number of hydrogen-bond donors (Lipinski definition) is 0. The van der Waals surface area contributed by atoms with Crippen LogP contribution in [0.3, 0.4) is 0 Å². The largest absolute Gasteiger partial charge is 0.337 e. The summed E-state index contributed by atoms with van der Waals surface area (Å²) in [6, 6.07) is 9.71. The van der Waals surface area contributed by atoms with E-state index >= 15 is 0 Å². The van der Waals surface area contributed by atoms with Crippen LogP contribution in [0.15, 0.2) is 46.1 Å². The molecule has 3 rings (SSSR count). The van der Waals surface area contributed by atoms with E-state index in [0.29, 0.717) is 12.1 Å². The van der Waals surface area contributed by atoms with E-state index in [1.807, 2.05) is 12.1 Å². The van der Waals surface area contributed by atoms with E-state index in [-0.39, 0.29) is 22.4 Å². The quantitative estimate of drug-likeness (QED) is 0.682. The minimum absolute atomic E-state index is 0.0727. The van der Waals surface area contributed by atoms with Crippen LogP contribution in [0.25, 0.3) is 11.0 Å². The van der Waals surface area contributed by atoms with Crippen molar-refractivity contribution in [1.29, 1.82) is 0 Å². The molecule has 0 aliphatic rings. The lowest BCUT2D eigenvalue weighted by Gasteiger charge is -2.21. The Labute approximate surface area is 169 Å². The minimum atomic E-state index is -0.467. The Balaban J connectivity index is 1.89. The molecule has 0 N–H and O–H groups in total. The first kappa shape index (κ1) is 20.5. The predicted octanol–water partition coefficient (Wildman–Crippen LogP) is 2.20. The summed E-state index contributed by atoms with van der Waals surface area (Å²) < 4.78 is 2.31. The molecule has 3 aromatic rings. The highest BCUT2D eigenvalue weighted by Gasteiger charge is 2.17. The van der Waals surface area contributed by atoms with Gasteiger partial charge < -0.3 is 4.90 Å². The van der Waals surface area contributed by atoms with Gasteiger partial charge in [-0.3, -0.25) is 18.7 Å². The van der Waals surface area contributed by atoms with Crippen LogP contribution in [0.5, 0.6) is 0 Å². The topological polar surface area (TPSA) is 77.2 Å². The molecule has 7 heteroatoms. The highest BCUT2D eigenvalue weighted by Crippen LogP contribution is 2.22. The van der Waals surface area contributed by atoms with Crippen molar-refractivity contribution in [3.8, 4) is 0 Å². The van der Waals surface area contributed by atoms with Gasteiger partial charge in [0.15, 0.2) is 0 Å². The summed E-state index contributed by atoms with van der Waals surface area (Å²) in [7, 11) is 4.67. The Bertz CT molecular complexity index is 1200. The fraction of sp³-hybridized carbons (Fsp3) is 0.364. The second kappa shape index (κ2) is 7.31. The zero-order valence-electron chi connectivity index (χ0n) is 17.7. The first-order valence-corrected chi connectivity index (χ1v) is 9.41. The molecule has 7 nitrogen and oxygen atoms in total. The molecule has 152 valence electrons. The highest BCUT2D eigenvalue weighted by atomic mass is 16.2. The van der Waals surface area contributed by atoms with Gasteiger partial charge in [0.2, 0.25) is 0 Å². The van der Waals surface area contributed by atoms with Crippen molar-refractivity contribution in [2.75, 3.05) is 7.05 Å². The van der Waals surface area contributed by atoms with Crippen LogP contribution >= 0.6 is 0 Å². The predicted molar refractivity (Wildman–Crippen MR) is 113 cm³/mol. The Morgan fingerprint density at radius 2 is 1.69 bits per heavy atom. The van der Waals surface area contributed by atoms with Crippen LogP contribution in [-0.4, -0.2) is 32.0 Å². The number of nitrogens with zero attached hydrogens (tertiary/aromatic N) is 4. The van der Waals surface area contributed by atoms with E-state index in [1.54, 1.807) is 19.0 Å². The van der Waals surface area contributed by atoms with Crippen molar-refractivity contribution in [3.05, 3.63) is 74.1 Å². The number of amides is 1. The Morgan fingerprint density at radius 3 is 2.28 bits per heavy atom. The van der Waals surface area contributed by atoms with Crippen molar-refractivity contribution in [1.82, 2.24) is 19.0 Å². The van der Waals surface area contributed by atoms with Crippen molar-refractivity contribution >= 4 is 16.9 Å². The maximum Gasteiger partial charge on any atom is 0.332 e. The SMILES string of the molecule is CN(Cc1ccc(C(C)(C)C)cc1)C(=O)c1cnc2c(c1)c(=O)n(C)c(=O)n2C. The van der Waals surface area contributed by atoms with Gasteiger partial charge in [-0.25, -0.2) is 9.78 Å². The summed E-state index contributed by atoms with van der Waals surface area (Å²) in [6.07, 6.45) is 1.41. The molecule has 0 saturated heterocycles. The van der Waals surface area contributed by atoms with Crippen LogP contribution in [0, 0.1) is 0 Å². The summed E-state index contributed by atoms with van der Waals surface area (Å²) in [5, 5.41) is 0.239. The van der Waals surface area contributed by atoms with Gasteiger partial charge in [0, 0.05) is 33.9 Å². The lowest BCUT2D eigenvalue weighted by Crippen LogP contribution is -2.37. The van der Waals surface area contributed by atoms with Crippen LogP contribution in [0.1, 0.15) is 42.3 Å². The molecule has 0 unspecified atom stereocenters. The van der Waals surface area contributed by atoms with Gasteiger partial charge in [0.1, 0.15) is 5.65 Å². The average molecular weight is 394 g/mol. The number of carbonyl (C=O) groups excluding carboxylic acids is 1. The highest BCUT2D eigenvalue weighted by molar-refractivity contribution is 5.96. The van der Waals surface area contributed by atoms with Crippen molar-refractivity contribution in [2.24, 2.45) is 14.1 Å². The number of aryl methyl sites for hydroxylation is 1. The van der Waals surface area contributed by atoms with E-state index in [1.165, 1.54) is 29.4 Å². The second-order valence-electron chi connectivity index (χ2n) is 8.41. The molecule has 0 spiro atoms. The maximum atomic E-state index is 12.9. The molecular weight excluding hydrogens is 368 g/mol. The van der Waals surface area contributed by atoms with Crippen molar-refractivity contribution in [2.45, 2.75) is 32.7 Å². The number of carbonyl (C=O) groups is 1. The summed E-state index contributed by atoms with van der Waals surface area (Å²) in [4.78, 5) is 43.1. The van der Waals surface area contributed by atoms with Gasteiger partial charge in [-0.15, -0.1) is 0 Å². The smallest absolute Gasteiger partial charge is 0.332 e. The zero-order chi connectivity index (χ0) is 21.5. The Hall–Kier alpha value is -3.22. The normalized spacial score (nSPS) is 11.7. The maximum absolute atomic E-state index is 12.9. The van der Waals surface area contributed by atoms with Gasteiger partial charge in [-0.1, -0.05) is 45.0 Å². The van der Waals surface area contributed by atoms with Gasteiger partial charge in [0.25, 0.3) is 11.5 Å². The monoisotopic (exact) mass is 394 g/mol. The Morgan fingerprint density at radius 1 is 1.07 bits per heavy atom. The van der Waals surface area contributed by atoms with Gasteiger partial charge >= 0.3 is 5.69 Å². The van der Waals surface area contributed by atoms with Crippen molar-refractivity contribution in [3.63, 3.8) is 0 Å². The molecule has 1 aromatic carbocycles. The number of benzene rings is 1. The van der Waals surface area contributed by atoms with Crippen LogP contribution in [0.4, 0.5) is 0 Å². The molecule has 0 atom stereocenters. The second-order valence-corrected chi connectivity index (χ2v) is 8.41. The third kappa shape index (κ3) is 3.85. The fourth-order valence-corrected chi connectivity index (χ4v) is 3.26. The molecule has 2 aromatic heterocycles. The molecule has 0 aliphatic heterocycles. The molecule has 2 heterocycles. The molecule has 0 aliphatic carbocycles. The Kier molecular flexibility index (Phi) is 5.17. The van der Waals surface area contributed by atoms with E-state index < -0.39 is 11.2 Å². The molecule has 0 radical (unpaired) electrons. The van der Waals surface area contributed by atoms with Crippen LogP contribution in [-0.2, 0) is 26.1 Å². The zero-order valence-corrected chi connectivity index (χ0v) is 17.7. The molecule has 0 saturated carbocycles. The number of rotatable bonds is 3. The standard InChI is InChI=1S/C22H26N4O3/c1-22(2,3)16-9-7-14(8-10-16)13-24(4)19(27)15-11-17-18(23-12-15)25(5)21(29)26(6)20(17)28/h7-12H,13H2,1-6H3. The first-order chi connectivity index (χ1) is 13.5. The van der Waals surface area contributed by atoms with E-state index in [2.05, 4.69) is 37.9 Å². The molecular formula is C22H26N4O3. The first-order valence-electron chi connectivity index (χ1n) is 9.41. The third-order valence-corrected chi connectivity index (χ3v) is 5.13. The number of hydrogen-bond acceptors (Lipinski definition) is 4. The summed E-state index contributed by atoms with van der Waals surface area (Å²) in [5.41, 5.74) is 1.97. The molecule has 0 fully saturated rings. The van der Waals surface area contributed by atoms with Crippen LogP contribution in [0.2, 0.25) is 0 Å². The summed E-state index contributed by atoms with van der Waals surface area (Å²) in [5.74, 6) is -0.241. The minimum Gasteiger partial charge on any atom is -0.337 e. The number of pyridine rings is 1. The number of fused-ring (bicyclic) bond motifs is 1. The fourth-order valence-electron chi connectivity index (χ4n) is 3.26. The lowest BCUT2D eigenvalue weighted by molar-refractivity contribution is 0.0785. The number of aromatic nitrogens is 3. The molecule has 1 amide bonds. The average Bonchev–Trinajstić information content (AvgIpc) is 2.69. The van der Waals surface area contributed by atoms with Gasteiger partial charge in [-0.05, 0) is 22.6 Å². The molecule has 0 bridgehead atoms. The summed E-state index contributed by atoms with van der Waals surface area (Å²) >= 11 is 0. The van der Waals surface area contributed by atoms with E-state index in [9.17, 15) is 14.4 Å². The molecule has 29 heavy (non-hydrogen) atoms. The van der Waals surface area contributed by atoms with Crippen LogP contribution < -0.4 is 11.2 Å². The van der Waals surface area contributed by atoms with E-state index in [0.717, 1.165) is 10.1 Å². The van der Waals surface area contributed by atoms with Crippen molar-refractivity contribution < 1.29 is 4.79 Å². The van der Waals surface area contributed by atoms with Gasteiger partial charge in [0.05, 0.1) is 10.9 Å². The van der Waals surface area contributed by atoms with Gasteiger partial charge in [-0.2, -0.15) is 0 Å². The summed E-state index contributed by atoms with van der Waals surface area (Å²) in [6.45, 7) is 6.91. The third-order valence-electron chi connectivity index (χ3n) is 5.13. The van der Waals surface area contributed by atoms with E-state index in [4.69, 9.17) is 0 Å².